The number of nitrogens with zero attached hydrogens (tertiary/aromatic N) is 1. The third kappa shape index (κ3) is 5.00. The Morgan fingerprint density at radius 2 is 1.93 bits per heavy atom. The fraction of sp³-hybridized carbons (Fsp3) is 0.381. The van der Waals surface area contributed by atoms with E-state index in [1.54, 1.807) is 43.5 Å². The van der Waals surface area contributed by atoms with Crippen LogP contribution < -0.4 is 19.1 Å². The van der Waals surface area contributed by atoms with Crippen LogP contribution in [0.1, 0.15) is 31.9 Å². The van der Waals surface area contributed by atoms with Gasteiger partial charge in [0.25, 0.3) is 0 Å². The van der Waals surface area contributed by atoms with Crippen LogP contribution in [-0.2, 0) is 14.8 Å². The van der Waals surface area contributed by atoms with Crippen molar-refractivity contribution in [1.29, 1.82) is 0 Å². The van der Waals surface area contributed by atoms with Gasteiger partial charge in [-0.2, -0.15) is 0 Å². The molecule has 0 aliphatic carbocycles. The molecule has 0 spiro atoms. The molecule has 1 atom stereocenters. The third-order valence-electron chi connectivity index (χ3n) is 4.75. The number of para-hydroxylation sites is 1. The molecule has 1 heterocycles. The molecule has 1 aliphatic rings. The van der Waals surface area contributed by atoms with Gasteiger partial charge in [0, 0.05) is 18.1 Å². The van der Waals surface area contributed by atoms with E-state index in [9.17, 15) is 13.2 Å². The molecule has 0 saturated carbocycles. The van der Waals surface area contributed by atoms with Gasteiger partial charge >= 0.3 is 0 Å². The molecule has 0 radical (unpaired) electrons. The third-order valence-corrected chi connectivity index (χ3v) is 5.89. The number of methoxy groups -OCH3 is 1. The number of rotatable bonds is 6. The number of carbonyl (C=O) groups excluding carboxylic acids is 1. The fourth-order valence-electron chi connectivity index (χ4n) is 3.45. The molecule has 1 N–H and O–H groups in total. The Hall–Kier alpha value is -2.74. The second-order valence-corrected chi connectivity index (χ2v) is 9.60. The van der Waals surface area contributed by atoms with Gasteiger partial charge in [-0.05, 0) is 38.1 Å². The van der Waals surface area contributed by atoms with Gasteiger partial charge < -0.3 is 14.8 Å². The molecular formula is C21H26N2O5S. The zero-order chi connectivity index (χ0) is 21.2. The number of sulfonamides is 1. The summed E-state index contributed by atoms with van der Waals surface area (Å²) in [6, 6.07) is 13.7. The SMILES string of the molecule is COc1ccc2c(c1)OC(C)(C)C[C@@H]2NC(=O)CN(c1ccccc1)S(C)(=O)=O. The van der Waals surface area contributed by atoms with Crippen LogP contribution in [0.15, 0.2) is 48.5 Å². The summed E-state index contributed by atoms with van der Waals surface area (Å²) >= 11 is 0. The molecule has 0 unspecified atom stereocenters. The van der Waals surface area contributed by atoms with E-state index in [0.717, 1.165) is 16.1 Å². The quantitative estimate of drug-likeness (QED) is 0.780. The number of fused-ring (bicyclic) bond motifs is 1. The van der Waals surface area contributed by atoms with E-state index < -0.39 is 15.6 Å². The molecular weight excluding hydrogens is 392 g/mol. The predicted molar refractivity (Wildman–Crippen MR) is 112 cm³/mol. The Morgan fingerprint density at radius 1 is 1.24 bits per heavy atom. The monoisotopic (exact) mass is 418 g/mol. The number of amides is 1. The van der Waals surface area contributed by atoms with Gasteiger partial charge in [-0.15, -0.1) is 0 Å². The molecule has 2 aromatic carbocycles. The Labute approximate surface area is 171 Å². The zero-order valence-corrected chi connectivity index (χ0v) is 17.8. The van der Waals surface area contributed by atoms with Gasteiger partial charge in [0.15, 0.2) is 0 Å². The van der Waals surface area contributed by atoms with Crippen LogP contribution in [0.25, 0.3) is 0 Å². The molecule has 8 heteroatoms. The number of ether oxygens (including phenoxy) is 2. The van der Waals surface area contributed by atoms with Crippen molar-refractivity contribution in [3.05, 3.63) is 54.1 Å². The molecule has 0 bridgehead atoms. The lowest BCUT2D eigenvalue weighted by atomic mass is 9.89. The van der Waals surface area contributed by atoms with Gasteiger partial charge in [0.1, 0.15) is 23.6 Å². The summed E-state index contributed by atoms with van der Waals surface area (Å²) in [5.41, 5.74) is 0.791. The topological polar surface area (TPSA) is 84.9 Å². The second kappa shape index (κ2) is 7.94. The van der Waals surface area contributed by atoms with Crippen LogP contribution in [0.3, 0.4) is 0 Å². The number of nitrogens with one attached hydrogen (secondary N) is 1. The fourth-order valence-corrected chi connectivity index (χ4v) is 4.31. The summed E-state index contributed by atoms with van der Waals surface area (Å²) < 4.78 is 36.9. The first kappa shape index (κ1) is 21.0. The van der Waals surface area contributed by atoms with Crippen LogP contribution in [0.2, 0.25) is 0 Å². The maximum atomic E-state index is 12.8. The largest absolute Gasteiger partial charge is 0.497 e. The number of anilines is 1. The minimum atomic E-state index is -3.61. The molecule has 1 aliphatic heterocycles. The molecule has 156 valence electrons. The lowest BCUT2D eigenvalue weighted by Gasteiger charge is -2.38. The smallest absolute Gasteiger partial charge is 0.241 e. The highest BCUT2D eigenvalue weighted by molar-refractivity contribution is 7.92. The van der Waals surface area contributed by atoms with Crippen molar-refractivity contribution in [1.82, 2.24) is 5.32 Å². The predicted octanol–water partition coefficient (Wildman–Crippen LogP) is 2.88. The zero-order valence-electron chi connectivity index (χ0n) is 17.0. The average molecular weight is 419 g/mol. The molecule has 0 aromatic heterocycles. The molecule has 1 amide bonds. The summed E-state index contributed by atoms with van der Waals surface area (Å²) in [5.74, 6) is 0.927. The van der Waals surface area contributed by atoms with Gasteiger partial charge in [-0.3, -0.25) is 9.10 Å². The number of benzene rings is 2. The Morgan fingerprint density at radius 3 is 2.55 bits per heavy atom. The Balaban J connectivity index is 1.83. The number of hydrogen-bond donors (Lipinski definition) is 1. The van der Waals surface area contributed by atoms with Gasteiger partial charge in [0.2, 0.25) is 15.9 Å². The van der Waals surface area contributed by atoms with E-state index in [2.05, 4.69) is 5.32 Å². The summed E-state index contributed by atoms with van der Waals surface area (Å²) in [6.07, 6.45) is 1.65. The summed E-state index contributed by atoms with van der Waals surface area (Å²) in [6.45, 7) is 3.59. The van der Waals surface area contributed by atoms with Gasteiger partial charge in [-0.25, -0.2) is 8.42 Å². The summed E-state index contributed by atoms with van der Waals surface area (Å²) in [5, 5.41) is 2.97. The molecule has 0 fully saturated rings. The van der Waals surface area contributed by atoms with Crippen molar-refractivity contribution in [2.75, 3.05) is 24.2 Å². The van der Waals surface area contributed by atoms with E-state index in [0.29, 0.717) is 23.6 Å². The molecule has 7 nitrogen and oxygen atoms in total. The minimum Gasteiger partial charge on any atom is -0.497 e. The van der Waals surface area contributed by atoms with Crippen molar-refractivity contribution in [3.63, 3.8) is 0 Å². The highest BCUT2D eigenvalue weighted by Crippen LogP contribution is 2.41. The van der Waals surface area contributed by atoms with E-state index in [1.807, 2.05) is 26.0 Å². The van der Waals surface area contributed by atoms with Crippen LogP contribution >= 0.6 is 0 Å². The first-order chi connectivity index (χ1) is 13.6. The van der Waals surface area contributed by atoms with E-state index in [-0.39, 0.29) is 18.5 Å². The highest BCUT2D eigenvalue weighted by Gasteiger charge is 2.35. The van der Waals surface area contributed by atoms with Crippen molar-refractivity contribution >= 4 is 21.6 Å². The number of carbonyl (C=O) groups is 1. The molecule has 0 saturated heterocycles. The summed E-state index contributed by atoms with van der Waals surface area (Å²) in [4.78, 5) is 12.8. The standard InChI is InChI=1S/C21H26N2O5S/c1-21(2)13-18(17-11-10-16(27-3)12-19(17)28-21)22-20(24)14-23(29(4,25)26)15-8-6-5-7-9-15/h5-12,18H,13-14H2,1-4H3,(H,22,24)/t18-/m0/s1. The van der Waals surface area contributed by atoms with Crippen molar-refractivity contribution < 1.29 is 22.7 Å². The van der Waals surface area contributed by atoms with Crippen molar-refractivity contribution in [2.24, 2.45) is 0 Å². The maximum absolute atomic E-state index is 12.8. The Kier molecular flexibility index (Phi) is 5.75. The minimum absolute atomic E-state index is 0.299. The van der Waals surface area contributed by atoms with Crippen molar-refractivity contribution in [3.8, 4) is 11.5 Å². The number of hydrogen-bond acceptors (Lipinski definition) is 5. The second-order valence-electron chi connectivity index (χ2n) is 7.69. The lowest BCUT2D eigenvalue weighted by molar-refractivity contribution is -0.120. The molecule has 29 heavy (non-hydrogen) atoms. The average Bonchev–Trinajstić information content (AvgIpc) is 2.64. The summed E-state index contributed by atoms with van der Waals surface area (Å²) in [7, 11) is -2.03. The van der Waals surface area contributed by atoms with Crippen LogP contribution in [0.4, 0.5) is 5.69 Å². The first-order valence-electron chi connectivity index (χ1n) is 9.28. The van der Waals surface area contributed by atoms with E-state index in [1.165, 1.54) is 0 Å². The Bertz CT molecular complexity index is 989. The molecule has 2 aromatic rings. The highest BCUT2D eigenvalue weighted by atomic mass is 32.2. The first-order valence-corrected chi connectivity index (χ1v) is 11.1. The van der Waals surface area contributed by atoms with Crippen molar-refractivity contribution in [2.45, 2.75) is 31.9 Å². The maximum Gasteiger partial charge on any atom is 0.241 e. The lowest BCUT2D eigenvalue weighted by Crippen LogP contribution is -2.45. The van der Waals surface area contributed by atoms with E-state index in [4.69, 9.17) is 9.47 Å². The van der Waals surface area contributed by atoms with Crippen LogP contribution in [-0.4, -0.2) is 39.8 Å². The van der Waals surface area contributed by atoms with E-state index >= 15 is 0 Å². The van der Waals surface area contributed by atoms with Gasteiger partial charge in [-0.1, -0.05) is 18.2 Å². The van der Waals surface area contributed by atoms with Gasteiger partial charge in [0.05, 0.1) is 25.1 Å². The van der Waals surface area contributed by atoms with Crippen LogP contribution in [0, 0.1) is 0 Å². The molecule has 3 rings (SSSR count). The normalized spacial score (nSPS) is 17.6. The van der Waals surface area contributed by atoms with Crippen LogP contribution in [0.5, 0.6) is 11.5 Å².